The molecule has 0 unspecified atom stereocenters. The molecule has 3 nitrogen and oxygen atoms in total. The predicted molar refractivity (Wildman–Crippen MR) is 125 cm³/mol. The van der Waals surface area contributed by atoms with Crippen LogP contribution in [-0.4, -0.2) is 19.7 Å². The van der Waals surface area contributed by atoms with Crippen molar-refractivity contribution >= 4 is 40.3 Å². The molecule has 1 aromatic heterocycles. The van der Waals surface area contributed by atoms with E-state index in [-0.39, 0.29) is 5.91 Å². The summed E-state index contributed by atoms with van der Waals surface area (Å²) >= 11 is 6.65. The second-order valence-corrected chi connectivity index (χ2v) is 9.14. The van der Waals surface area contributed by atoms with Crippen molar-refractivity contribution in [2.45, 2.75) is 26.6 Å². The molecule has 0 aliphatic carbocycles. The van der Waals surface area contributed by atoms with E-state index >= 15 is 0 Å². The van der Waals surface area contributed by atoms with E-state index in [0.29, 0.717) is 21.5 Å². The summed E-state index contributed by atoms with van der Waals surface area (Å²) in [5, 5.41) is 0. The molecule has 32 heavy (non-hydrogen) atoms. The first-order chi connectivity index (χ1) is 15.1. The summed E-state index contributed by atoms with van der Waals surface area (Å²) < 4.78 is 41.7. The van der Waals surface area contributed by atoms with Crippen molar-refractivity contribution in [3.05, 3.63) is 93.6 Å². The minimum atomic E-state index is -4.42. The second kappa shape index (κ2) is 8.60. The molecular weight excluding hydrogens is 453 g/mol. The van der Waals surface area contributed by atoms with Gasteiger partial charge in [0.15, 0.2) is 0 Å². The Hall–Kier alpha value is -2.84. The highest BCUT2D eigenvalue weighted by Crippen LogP contribution is 2.35. The molecule has 3 aromatic rings. The van der Waals surface area contributed by atoms with Crippen molar-refractivity contribution in [2.24, 2.45) is 0 Å². The average molecular weight is 473 g/mol. The van der Waals surface area contributed by atoms with Gasteiger partial charge in [0.05, 0.1) is 17.0 Å². The number of alkyl halides is 3. The number of halogens is 3. The summed E-state index contributed by atoms with van der Waals surface area (Å²) in [5.41, 5.74) is 2.98. The first-order valence-electron chi connectivity index (χ1n) is 9.81. The lowest BCUT2D eigenvalue weighted by Crippen LogP contribution is -2.27. The Morgan fingerprint density at radius 2 is 1.75 bits per heavy atom. The van der Waals surface area contributed by atoms with Crippen molar-refractivity contribution in [1.82, 2.24) is 9.47 Å². The minimum absolute atomic E-state index is 0.173. The van der Waals surface area contributed by atoms with Gasteiger partial charge in [-0.1, -0.05) is 60.4 Å². The number of benzene rings is 2. The second-order valence-electron chi connectivity index (χ2n) is 7.46. The van der Waals surface area contributed by atoms with E-state index in [1.54, 1.807) is 21.6 Å². The quantitative estimate of drug-likeness (QED) is 0.320. The molecule has 0 N–H and O–H groups in total. The van der Waals surface area contributed by atoms with E-state index in [1.807, 2.05) is 50.2 Å². The third-order valence-electron chi connectivity index (χ3n) is 5.25. The molecule has 0 saturated carbocycles. The number of thiocarbonyl (C=S) groups is 1. The summed E-state index contributed by atoms with van der Waals surface area (Å²) in [6, 6.07) is 16.7. The van der Waals surface area contributed by atoms with Crippen LogP contribution in [0.3, 0.4) is 0 Å². The van der Waals surface area contributed by atoms with E-state index in [9.17, 15) is 18.0 Å². The lowest BCUT2D eigenvalue weighted by molar-refractivity contribution is -0.137. The van der Waals surface area contributed by atoms with E-state index in [0.717, 1.165) is 34.6 Å². The maximum Gasteiger partial charge on any atom is 0.416 e. The number of carbonyl (C=O) groups excluding carboxylic acids is 1. The molecule has 8 heteroatoms. The fourth-order valence-corrected chi connectivity index (χ4v) is 4.94. The molecule has 0 radical (unpaired) electrons. The number of hydrogen-bond acceptors (Lipinski definition) is 3. The zero-order valence-corrected chi connectivity index (χ0v) is 18.9. The largest absolute Gasteiger partial charge is 0.416 e. The molecule has 1 aliphatic rings. The highest BCUT2D eigenvalue weighted by molar-refractivity contribution is 8.26. The highest BCUT2D eigenvalue weighted by atomic mass is 32.2. The van der Waals surface area contributed by atoms with Crippen molar-refractivity contribution in [3.63, 3.8) is 0 Å². The van der Waals surface area contributed by atoms with Gasteiger partial charge in [-0.3, -0.25) is 9.69 Å². The van der Waals surface area contributed by atoms with Gasteiger partial charge in [-0.15, -0.1) is 0 Å². The van der Waals surface area contributed by atoms with Gasteiger partial charge in [-0.2, -0.15) is 13.2 Å². The molecule has 1 aliphatic heterocycles. The summed E-state index contributed by atoms with van der Waals surface area (Å²) in [5.74, 6) is -0.173. The minimum Gasteiger partial charge on any atom is -0.318 e. The van der Waals surface area contributed by atoms with Gasteiger partial charge in [0.25, 0.3) is 5.91 Å². The Morgan fingerprint density at radius 1 is 1.03 bits per heavy atom. The topological polar surface area (TPSA) is 25.2 Å². The number of aromatic nitrogens is 1. The maximum atomic E-state index is 13.2. The van der Waals surface area contributed by atoms with Crippen molar-refractivity contribution < 1.29 is 18.0 Å². The van der Waals surface area contributed by atoms with Gasteiger partial charge in [0.1, 0.15) is 4.32 Å². The van der Waals surface area contributed by atoms with E-state index < -0.39 is 11.7 Å². The van der Waals surface area contributed by atoms with Gasteiger partial charge in [0.2, 0.25) is 0 Å². The number of hydrogen-bond donors (Lipinski definition) is 0. The van der Waals surface area contributed by atoms with Crippen LogP contribution in [-0.2, 0) is 17.5 Å². The Balaban J connectivity index is 1.65. The van der Waals surface area contributed by atoms with Crippen molar-refractivity contribution in [1.29, 1.82) is 0 Å². The molecule has 0 atom stereocenters. The number of thioether (sulfide) groups is 1. The van der Waals surface area contributed by atoms with Crippen LogP contribution in [0, 0.1) is 13.8 Å². The van der Waals surface area contributed by atoms with Crippen LogP contribution < -0.4 is 0 Å². The van der Waals surface area contributed by atoms with Crippen LogP contribution in [0.5, 0.6) is 0 Å². The molecule has 1 fully saturated rings. The molecule has 1 amide bonds. The Morgan fingerprint density at radius 3 is 2.44 bits per heavy atom. The number of carbonyl (C=O) groups is 1. The molecular formula is C24H19F3N2OS2. The van der Waals surface area contributed by atoms with Crippen LogP contribution in [0.4, 0.5) is 13.2 Å². The summed E-state index contributed by atoms with van der Waals surface area (Å²) in [6.45, 7) is 4.04. The van der Waals surface area contributed by atoms with Crippen LogP contribution in [0.1, 0.15) is 28.1 Å². The smallest absolute Gasteiger partial charge is 0.318 e. The Labute approximate surface area is 193 Å². The molecule has 0 spiro atoms. The molecule has 0 bridgehead atoms. The third-order valence-corrected chi connectivity index (χ3v) is 6.62. The van der Waals surface area contributed by atoms with Crippen molar-refractivity contribution in [3.8, 4) is 5.69 Å². The third kappa shape index (κ3) is 4.38. The fraction of sp³-hybridized carbons (Fsp3) is 0.167. The molecule has 1 saturated heterocycles. The van der Waals surface area contributed by atoms with Crippen LogP contribution in [0.2, 0.25) is 0 Å². The van der Waals surface area contributed by atoms with E-state index in [4.69, 9.17) is 12.2 Å². The lowest BCUT2D eigenvalue weighted by Gasteiger charge is -2.14. The Bertz CT molecular complexity index is 1230. The molecule has 4 rings (SSSR count). The van der Waals surface area contributed by atoms with Gasteiger partial charge < -0.3 is 4.57 Å². The summed E-state index contributed by atoms with van der Waals surface area (Å²) in [6.07, 6.45) is -2.66. The van der Waals surface area contributed by atoms with Crippen molar-refractivity contribution in [2.75, 3.05) is 0 Å². The van der Waals surface area contributed by atoms with Crippen LogP contribution >= 0.6 is 24.0 Å². The normalized spacial score (nSPS) is 15.8. The van der Waals surface area contributed by atoms with Gasteiger partial charge in [-0.05, 0) is 55.3 Å². The first-order valence-corrected chi connectivity index (χ1v) is 11.0. The standard InChI is InChI=1S/C24H19F3N2OS2/c1-15-11-18(16(2)29(15)20-10-6-9-19(13-20)24(25,26)27)12-21-22(30)28(23(31)32-21)14-17-7-4-3-5-8-17/h3-13H,14H2,1-2H3. The maximum absolute atomic E-state index is 13.2. The van der Waals surface area contributed by atoms with E-state index in [1.165, 1.54) is 17.8 Å². The number of nitrogens with zero attached hydrogens (tertiary/aromatic N) is 2. The average Bonchev–Trinajstić information content (AvgIpc) is 3.17. The molecule has 2 aromatic carbocycles. The zero-order valence-electron chi connectivity index (χ0n) is 17.3. The predicted octanol–water partition coefficient (Wildman–Crippen LogP) is 6.51. The zero-order chi connectivity index (χ0) is 23.0. The molecule has 2 heterocycles. The SMILES string of the molecule is Cc1cc(C=C2SC(=S)N(Cc3ccccc3)C2=O)c(C)n1-c1cccc(C(F)(F)F)c1. The number of rotatable bonds is 4. The van der Waals surface area contributed by atoms with Gasteiger partial charge in [0, 0.05) is 17.1 Å². The van der Waals surface area contributed by atoms with Crippen LogP contribution in [0.25, 0.3) is 11.8 Å². The van der Waals surface area contributed by atoms with Crippen LogP contribution in [0.15, 0.2) is 65.6 Å². The Kier molecular flexibility index (Phi) is 6.01. The fourth-order valence-electron chi connectivity index (χ4n) is 3.70. The van der Waals surface area contributed by atoms with Gasteiger partial charge in [-0.25, -0.2) is 0 Å². The monoisotopic (exact) mass is 472 g/mol. The number of amides is 1. The lowest BCUT2D eigenvalue weighted by atomic mass is 10.2. The number of aryl methyl sites for hydroxylation is 1. The van der Waals surface area contributed by atoms with E-state index in [2.05, 4.69) is 0 Å². The molecule has 164 valence electrons. The summed E-state index contributed by atoms with van der Waals surface area (Å²) in [4.78, 5) is 15.0. The summed E-state index contributed by atoms with van der Waals surface area (Å²) in [7, 11) is 0. The van der Waals surface area contributed by atoms with Gasteiger partial charge >= 0.3 is 6.18 Å². The first kappa shape index (κ1) is 22.4. The highest BCUT2D eigenvalue weighted by Gasteiger charge is 2.33.